The van der Waals surface area contributed by atoms with Gasteiger partial charge in [-0.1, -0.05) is 23.2 Å². The van der Waals surface area contributed by atoms with Gasteiger partial charge in [-0.15, -0.1) is 0 Å². The van der Waals surface area contributed by atoms with Crippen LogP contribution in [0.5, 0.6) is 0 Å². The van der Waals surface area contributed by atoms with Crippen molar-refractivity contribution in [1.29, 1.82) is 5.26 Å². The molecule has 0 bridgehead atoms. The zero-order chi connectivity index (χ0) is 11.6. The number of benzene rings is 1. The van der Waals surface area contributed by atoms with Crippen LogP contribution in [0.3, 0.4) is 0 Å². The molecule has 0 saturated carbocycles. The van der Waals surface area contributed by atoms with E-state index >= 15 is 0 Å². The van der Waals surface area contributed by atoms with E-state index in [0.717, 1.165) is 31.5 Å². The molecule has 1 heterocycles. The lowest BCUT2D eigenvalue weighted by Gasteiger charge is -2.31. The average molecular weight is 255 g/mol. The minimum absolute atomic E-state index is 0.431. The predicted molar refractivity (Wildman–Crippen MR) is 65.9 cm³/mol. The third kappa shape index (κ3) is 2.17. The van der Waals surface area contributed by atoms with Crippen molar-refractivity contribution in [3.8, 4) is 6.07 Å². The van der Waals surface area contributed by atoms with Crippen molar-refractivity contribution in [3.63, 3.8) is 0 Å². The Morgan fingerprint density at radius 2 is 1.69 bits per heavy atom. The second kappa shape index (κ2) is 4.63. The summed E-state index contributed by atoms with van der Waals surface area (Å²) in [5.41, 5.74) is 0.508. The zero-order valence-corrected chi connectivity index (χ0v) is 10.3. The largest absolute Gasteiger partial charge is 0.317 e. The molecular weight excluding hydrogens is 243 g/mol. The Kier molecular flexibility index (Phi) is 3.39. The van der Waals surface area contributed by atoms with Crippen LogP contribution in [0.25, 0.3) is 0 Å². The minimum atomic E-state index is -0.431. The third-order valence-corrected chi connectivity index (χ3v) is 3.52. The van der Waals surface area contributed by atoms with Crippen molar-refractivity contribution < 1.29 is 0 Å². The maximum absolute atomic E-state index is 9.41. The molecule has 0 spiro atoms. The second-order valence-corrected chi connectivity index (χ2v) is 4.97. The van der Waals surface area contributed by atoms with E-state index in [0.29, 0.717) is 10.0 Å². The molecule has 1 aliphatic rings. The van der Waals surface area contributed by atoms with Gasteiger partial charge in [-0.25, -0.2) is 0 Å². The third-order valence-electron chi connectivity index (χ3n) is 3.09. The topological polar surface area (TPSA) is 35.8 Å². The normalized spacial score (nSPS) is 19.1. The van der Waals surface area contributed by atoms with Gasteiger partial charge in [-0.2, -0.15) is 5.26 Å². The Hall–Kier alpha value is -0.750. The molecule has 2 nitrogen and oxygen atoms in total. The van der Waals surface area contributed by atoms with Crippen molar-refractivity contribution in [2.75, 3.05) is 13.1 Å². The fraction of sp³-hybridized carbons (Fsp3) is 0.417. The van der Waals surface area contributed by atoms with Gasteiger partial charge in [-0.05, 0) is 49.7 Å². The second-order valence-electron chi connectivity index (χ2n) is 4.10. The summed E-state index contributed by atoms with van der Waals surface area (Å²) in [6.07, 6.45) is 1.61. The Balaban J connectivity index is 2.43. The number of piperidine rings is 1. The first-order valence-corrected chi connectivity index (χ1v) is 6.00. The van der Waals surface area contributed by atoms with E-state index in [2.05, 4.69) is 11.4 Å². The average Bonchev–Trinajstić information content (AvgIpc) is 2.28. The lowest BCUT2D eigenvalue weighted by Crippen LogP contribution is -2.38. The summed E-state index contributed by atoms with van der Waals surface area (Å²) in [5, 5.41) is 13.9. The van der Waals surface area contributed by atoms with Crippen molar-refractivity contribution in [1.82, 2.24) is 5.32 Å². The molecule has 0 amide bonds. The van der Waals surface area contributed by atoms with Crippen LogP contribution in [0, 0.1) is 11.3 Å². The highest BCUT2D eigenvalue weighted by Gasteiger charge is 2.34. The zero-order valence-electron chi connectivity index (χ0n) is 8.76. The standard InChI is InChI=1S/C12H12Cl2N2/c13-10-5-9(6-11(14)7-10)12(8-15)1-3-16-4-2-12/h5-7,16H,1-4H2. The number of halogens is 2. The molecule has 0 radical (unpaired) electrons. The highest BCUT2D eigenvalue weighted by Crippen LogP contribution is 2.35. The lowest BCUT2D eigenvalue weighted by atomic mass is 9.74. The monoisotopic (exact) mass is 254 g/mol. The van der Waals surface area contributed by atoms with Gasteiger partial charge in [-0.3, -0.25) is 0 Å². The summed E-state index contributed by atoms with van der Waals surface area (Å²) in [6.45, 7) is 1.72. The van der Waals surface area contributed by atoms with Gasteiger partial charge in [0.1, 0.15) is 0 Å². The number of nitrogens with one attached hydrogen (secondary N) is 1. The number of nitrogens with zero attached hydrogens (tertiary/aromatic N) is 1. The van der Waals surface area contributed by atoms with E-state index in [-0.39, 0.29) is 0 Å². The summed E-state index contributed by atoms with van der Waals surface area (Å²) >= 11 is 12.0. The van der Waals surface area contributed by atoms with Gasteiger partial charge in [0.05, 0.1) is 11.5 Å². The van der Waals surface area contributed by atoms with Crippen molar-refractivity contribution >= 4 is 23.2 Å². The highest BCUT2D eigenvalue weighted by atomic mass is 35.5. The molecule has 4 heteroatoms. The first kappa shape index (κ1) is 11.7. The molecule has 1 fully saturated rings. The molecule has 0 aliphatic carbocycles. The first-order valence-electron chi connectivity index (χ1n) is 5.25. The van der Waals surface area contributed by atoms with E-state index in [4.69, 9.17) is 23.2 Å². The quantitative estimate of drug-likeness (QED) is 0.836. The summed E-state index contributed by atoms with van der Waals surface area (Å²) in [7, 11) is 0. The van der Waals surface area contributed by atoms with Crippen LogP contribution in [-0.4, -0.2) is 13.1 Å². The lowest BCUT2D eigenvalue weighted by molar-refractivity contribution is 0.382. The van der Waals surface area contributed by atoms with E-state index in [1.807, 2.05) is 12.1 Å². The van der Waals surface area contributed by atoms with Crippen LogP contribution >= 0.6 is 23.2 Å². The van der Waals surface area contributed by atoms with E-state index < -0.39 is 5.41 Å². The van der Waals surface area contributed by atoms with E-state index in [9.17, 15) is 5.26 Å². The first-order chi connectivity index (χ1) is 7.66. The van der Waals surface area contributed by atoms with Gasteiger partial charge in [0, 0.05) is 10.0 Å². The van der Waals surface area contributed by atoms with Gasteiger partial charge >= 0.3 is 0 Å². The van der Waals surface area contributed by atoms with Crippen molar-refractivity contribution in [3.05, 3.63) is 33.8 Å². The number of nitriles is 1. The fourth-order valence-electron chi connectivity index (χ4n) is 2.15. The molecular formula is C12H12Cl2N2. The molecule has 1 saturated heterocycles. The number of rotatable bonds is 1. The van der Waals surface area contributed by atoms with E-state index in [1.54, 1.807) is 6.07 Å². The van der Waals surface area contributed by atoms with Crippen LogP contribution < -0.4 is 5.32 Å². The summed E-state index contributed by atoms with van der Waals surface area (Å²) < 4.78 is 0. The van der Waals surface area contributed by atoms with Crippen LogP contribution in [0.15, 0.2) is 18.2 Å². The number of hydrogen-bond acceptors (Lipinski definition) is 2. The predicted octanol–water partition coefficient (Wildman–Crippen LogP) is 3.14. The molecule has 0 aromatic heterocycles. The highest BCUT2D eigenvalue weighted by molar-refractivity contribution is 6.34. The van der Waals surface area contributed by atoms with Gasteiger partial charge in [0.25, 0.3) is 0 Å². The van der Waals surface area contributed by atoms with Gasteiger partial charge < -0.3 is 5.32 Å². The molecule has 0 unspecified atom stereocenters. The van der Waals surface area contributed by atoms with Crippen molar-refractivity contribution in [2.24, 2.45) is 0 Å². The SMILES string of the molecule is N#CC1(c2cc(Cl)cc(Cl)c2)CCNCC1. The molecule has 1 aromatic rings. The Labute approximate surface area is 105 Å². The molecule has 84 valence electrons. The molecule has 0 atom stereocenters. The van der Waals surface area contributed by atoms with Crippen LogP contribution in [0.1, 0.15) is 18.4 Å². The van der Waals surface area contributed by atoms with Crippen LogP contribution in [0.2, 0.25) is 10.0 Å². The molecule has 1 aromatic carbocycles. The Morgan fingerprint density at radius 3 is 2.19 bits per heavy atom. The summed E-state index contributed by atoms with van der Waals surface area (Å²) in [5.74, 6) is 0. The fourth-order valence-corrected chi connectivity index (χ4v) is 2.67. The number of hydrogen-bond donors (Lipinski definition) is 1. The maximum atomic E-state index is 9.41. The van der Waals surface area contributed by atoms with Crippen LogP contribution in [0.4, 0.5) is 0 Å². The van der Waals surface area contributed by atoms with E-state index in [1.165, 1.54) is 0 Å². The minimum Gasteiger partial charge on any atom is -0.317 e. The summed E-state index contributed by atoms with van der Waals surface area (Å²) in [4.78, 5) is 0. The molecule has 1 N–H and O–H groups in total. The van der Waals surface area contributed by atoms with Gasteiger partial charge in [0.2, 0.25) is 0 Å². The Morgan fingerprint density at radius 1 is 1.12 bits per heavy atom. The maximum Gasteiger partial charge on any atom is 0.0847 e. The molecule has 2 rings (SSSR count). The Bertz CT molecular complexity index is 411. The van der Waals surface area contributed by atoms with Gasteiger partial charge in [0.15, 0.2) is 0 Å². The molecule has 1 aliphatic heterocycles. The molecule has 16 heavy (non-hydrogen) atoms. The van der Waals surface area contributed by atoms with Crippen LogP contribution in [-0.2, 0) is 5.41 Å². The smallest absolute Gasteiger partial charge is 0.0847 e. The summed E-state index contributed by atoms with van der Waals surface area (Å²) in [6, 6.07) is 7.82. The van der Waals surface area contributed by atoms with Crippen molar-refractivity contribution in [2.45, 2.75) is 18.3 Å².